The Bertz CT molecular complexity index is 526. The van der Waals surface area contributed by atoms with Crippen LogP contribution >= 0.6 is 17.2 Å². The summed E-state index contributed by atoms with van der Waals surface area (Å²) in [6.07, 6.45) is 57.4. The number of hydrogen-bond acceptors (Lipinski definition) is 0. The van der Waals surface area contributed by atoms with Crippen LogP contribution in [0.15, 0.2) is 0 Å². The molecule has 0 N–H and O–H groups in total. The van der Waals surface area contributed by atoms with Crippen LogP contribution in [0.4, 0.5) is 0 Å². The van der Waals surface area contributed by atoms with E-state index in [-0.39, 0.29) is 0 Å². The Morgan fingerprint density at radius 2 is 0.370 bits per heavy atom. The van der Waals surface area contributed by atoms with Crippen molar-refractivity contribution in [1.29, 1.82) is 0 Å². The Kier molecular flexibility index (Phi) is 36.1. The van der Waals surface area contributed by atoms with Crippen molar-refractivity contribution in [3.05, 3.63) is 0 Å². The van der Waals surface area contributed by atoms with Crippen LogP contribution in [-0.2, 0) is 0 Å². The first-order chi connectivity index (χ1) is 22.5. The molecule has 0 aromatic rings. The van der Waals surface area contributed by atoms with E-state index in [1.807, 2.05) is 0 Å². The summed E-state index contributed by atoms with van der Waals surface area (Å²) in [5.41, 5.74) is 0. The van der Waals surface area contributed by atoms with Crippen molar-refractivity contribution in [3.63, 3.8) is 0 Å². The molecule has 0 aliphatic heterocycles. The van der Waals surface area contributed by atoms with E-state index >= 15 is 0 Å². The summed E-state index contributed by atoms with van der Waals surface area (Å²) in [5.74, 6) is -2.07. The normalized spacial score (nSPS) is 12.9. The van der Waals surface area contributed by atoms with Gasteiger partial charge in [0.25, 0.3) is 0 Å². The summed E-state index contributed by atoms with van der Waals surface area (Å²) < 4.78 is 0. The minimum Gasteiger partial charge on any atom is -0.0654 e. The second-order valence-corrected chi connectivity index (χ2v) is 24.3. The Morgan fingerprint density at radius 1 is 0.217 bits per heavy atom. The van der Waals surface area contributed by atoms with E-state index < -0.39 is 5.96 Å². The molecule has 0 unspecified atom stereocenters. The van der Waals surface area contributed by atoms with Gasteiger partial charge in [-0.1, -0.05) is 78.1 Å². The fourth-order valence-corrected chi connectivity index (χ4v) is 14.9. The van der Waals surface area contributed by atoms with E-state index in [1.54, 1.807) is 0 Å². The van der Waals surface area contributed by atoms with Gasteiger partial charge in [-0.2, -0.15) is 0 Å². The first-order valence-electron chi connectivity index (χ1n) is 22.3. The van der Waals surface area contributed by atoms with E-state index in [4.69, 9.17) is 11.2 Å². The second-order valence-electron chi connectivity index (χ2n) is 16.0. The molecule has 0 rings (SSSR count). The first-order valence-corrected chi connectivity index (χ1v) is 26.1. The fourth-order valence-electron chi connectivity index (χ4n) is 7.89. The summed E-state index contributed by atoms with van der Waals surface area (Å²) >= 11 is 8.02. The second kappa shape index (κ2) is 35.5. The van der Waals surface area contributed by atoms with E-state index in [0.29, 0.717) is 0 Å². The molecule has 0 aliphatic rings. The summed E-state index contributed by atoms with van der Waals surface area (Å²) in [6.45, 7) is 9.38. The fraction of sp³-hybridized carbons (Fsp3) is 1.00. The molecule has 46 heavy (non-hydrogen) atoms. The molecule has 0 saturated carbocycles. The molecule has 0 fully saturated rings. The van der Waals surface area contributed by atoms with Crippen LogP contribution < -0.4 is 0 Å². The maximum absolute atomic E-state index is 8.02. The number of hydrogen-bond donors (Lipinski definition) is 0. The van der Waals surface area contributed by atoms with Crippen molar-refractivity contribution >= 4 is 17.2 Å². The molecule has 0 saturated heterocycles. The van der Waals surface area contributed by atoms with Crippen LogP contribution in [0.3, 0.4) is 0 Å². The Balaban J connectivity index is 4.07. The number of rotatable bonds is 40. The quantitative estimate of drug-likeness (QED) is 0.0444. The molecule has 2 heteroatoms. The van der Waals surface area contributed by atoms with Gasteiger partial charge in [0.15, 0.2) is 0 Å². The van der Waals surface area contributed by atoms with E-state index in [9.17, 15) is 0 Å². The van der Waals surface area contributed by atoms with Crippen LogP contribution in [0.5, 0.6) is 0 Å². The van der Waals surface area contributed by atoms with Crippen LogP contribution in [0.1, 0.15) is 259 Å². The Hall–Kier alpha value is 0.720. The predicted molar refractivity (Wildman–Crippen MR) is 221 cm³/mol. The van der Waals surface area contributed by atoms with Crippen molar-refractivity contribution in [2.45, 2.75) is 259 Å². The topological polar surface area (TPSA) is 0 Å². The molecule has 0 aromatic heterocycles. The average molecular weight is 688 g/mol. The Morgan fingerprint density at radius 3 is 0.565 bits per heavy atom. The third-order valence-corrected chi connectivity index (χ3v) is 19.0. The average Bonchev–Trinajstić information content (AvgIpc) is 3.06. The zero-order valence-corrected chi connectivity index (χ0v) is 34.8. The standard InChI is InChI=1S/C44H92ClP/c1-5-9-13-15-17-19-21-23-25-27-29-31-33-35-37-39-43-46(45,41-11-7-3,42-12-8-4)44-40-38-36-34-32-30-28-26-24-22-20-18-16-14-10-6-2/h5-44H2,1-4H3. The van der Waals surface area contributed by atoms with Crippen molar-refractivity contribution in [2.24, 2.45) is 0 Å². The van der Waals surface area contributed by atoms with Crippen molar-refractivity contribution in [3.8, 4) is 0 Å². The Labute approximate surface area is 299 Å². The molecule has 0 aliphatic carbocycles. The summed E-state index contributed by atoms with van der Waals surface area (Å²) in [6, 6.07) is 0. The predicted octanol–water partition coefficient (Wildman–Crippen LogP) is 17.8. The molecular weight excluding hydrogens is 595 g/mol. The number of unbranched alkanes of at least 4 members (excludes halogenated alkanes) is 32. The van der Waals surface area contributed by atoms with Gasteiger partial charge in [0.2, 0.25) is 0 Å². The van der Waals surface area contributed by atoms with Crippen molar-refractivity contribution < 1.29 is 0 Å². The minimum atomic E-state index is -2.07. The zero-order chi connectivity index (χ0) is 33.7. The van der Waals surface area contributed by atoms with Gasteiger partial charge in [-0.15, -0.1) is 0 Å². The minimum absolute atomic E-state index is 1.31. The molecule has 0 heterocycles. The monoisotopic (exact) mass is 687 g/mol. The smallest absolute Gasteiger partial charge is 0.0654 e. The molecule has 280 valence electrons. The molecule has 0 atom stereocenters. The van der Waals surface area contributed by atoms with E-state index in [2.05, 4.69) is 27.7 Å². The molecule has 0 amide bonds. The van der Waals surface area contributed by atoms with Crippen molar-refractivity contribution in [2.75, 3.05) is 24.6 Å². The number of halogens is 1. The van der Waals surface area contributed by atoms with E-state index in [0.717, 1.165) is 0 Å². The summed E-state index contributed by atoms with van der Waals surface area (Å²) in [4.78, 5) is 0. The van der Waals surface area contributed by atoms with Gasteiger partial charge in [0.1, 0.15) is 0 Å². The molecule has 0 spiro atoms. The van der Waals surface area contributed by atoms with E-state index in [1.165, 1.54) is 256 Å². The van der Waals surface area contributed by atoms with Crippen LogP contribution in [0.2, 0.25) is 0 Å². The zero-order valence-electron chi connectivity index (χ0n) is 33.1. The molecule has 0 radical (unpaired) electrons. The first kappa shape index (κ1) is 46.7. The van der Waals surface area contributed by atoms with Crippen LogP contribution in [0.25, 0.3) is 0 Å². The van der Waals surface area contributed by atoms with Crippen LogP contribution in [0, 0.1) is 0 Å². The maximum atomic E-state index is 8.02. The molecule has 0 nitrogen and oxygen atoms in total. The van der Waals surface area contributed by atoms with Gasteiger partial charge in [0.05, 0.1) is 0 Å². The van der Waals surface area contributed by atoms with Gasteiger partial charge in [0, 0.05) is 0 Å². The van der Waals surface area contributed by atoms with Crippen molar-refractivity contribution in [1.82, 2.24) is 0 Å². The van der Waals surface area contributed by atoms with Gasteiger partial charge in [-0.25, -0.2) is 0 Å². The molecular formula is C44H92ClP. The van der Waals surface area contributed by atoms with Gasteiger partial charge >= 0.3 is 223 Å². The summed E-state index contributed by atoms with van der Waals surface area (Å²) in [7, 11) is 0. The van der Waals surface area contributed by atoms with Gasteiger partial charge < -0.3 is 0 Å². The van der Waals surface area contributed by atoms with Crippen LogP contribution in [-0.4, -0.2) is 24.6 Å². The summed E-state index contributed by atoms with van der Waals surface area (Å²) in [5, 5.41) is 0. The van der Waals surface area contributed by atoms with Gasteiger partial charge in [-0.05, 0) is 0 Å². The molecule has 0 bridgehead atoms. The molecule has 0 aromatic carbocycles. The third-order valence-electron chi connectivity index (χ3n) is 11.3. The van der Waals surface area contributed by atoms with Gasteiger partial charge in [-0.3, -0.25) is 0 Å². The SMILES string of the molecule is CCCCCCCCCCCCCCCCCCP(Cl)(CCCC)(CCCC)CCCCCCCCCCCCCCCCCC. The third kappa shape index (κ3) is 30.8.